The molecular weight excluding hydrogens is 303 g/mol. The van der Waals surface area contributed by atoms with Crippen molar-refractivity contribution < 1.29 is 4.39 Å². The van der Waals surface area contributed by atoms with Gasteiger partial charge in [0.25, 0.3) is 0 Å². The van der Waals surface area contributed by atoms with E-state index >= 15 is 0 Å². The summed E-state index contributed by atoms with van der Waals surface area (Å²) >= 11 is 3.25. The minimum Gasteiger partial charge on any atom is -0.378 e. The van der Waals surface area contributed by atoms with Gasteiger partial charge in [-0.3, -0.25) is 0 Å². The Morgan fingerprint density at radius 1 is 1.24 bits per heavy atom. The summed E-state index contributed by atoms with van der Waals surface area (Å²) in [7, 11) is 0. The lowest BCUT2D eigenvalue weighted by atomic mass is 10.0. The Morgan fingerprint density at radius 2 is 2.19 bits per heavy atom. The molecule has 1 N–H and O–H groups in total. The molecule has 5 heteroatoms. The van der Waals surface area contributed by atoms with Gasteiger partial charge in [-0.25, -0.2) is 9.37 Å². The van der Waals surface area contributed by atoms with E-state index in [0.717, 1.165) is 33.8 Å². The van der Waals surface area contributed by atoms with Crippen LogP contribution in [0.4, 0.5) is 10.1 Å². The van der Waals surface area contributed by atoms with Crippen LogP contribution in [0.5, 0.6) is 0 Å². The topological polar surface area (TPSA) is 24.9 Å². The highest BCUT2D eigenvalue weighted by atomic mass is 32.2. The van der Waals surface area contributed by atoms with E-state index in [4.69, 9.17) is 0 Å². The zero-order valence-electron chi connectivity index (χ0n) is 11.2. The smallest absolute Gasteiger partial charge is 0.137 e. The van der Waals surface area contributed by atoms with E-state index < -0.39 is 0 Å². The second-order valence-electron chi connectivity index (χ2n) is 5.03. The van der Waals surface area contributed by atoms with Crippen LogP contribution < -0.4 is 5.32 Å². The lowest BCUT2D eigenvalue weighted by Gasteiger charge is -2.27. The first-order chi connectivity index (χ1) is 10.3. The number of nitrogens with zero attached hydrogens (tertiary/aromatic N) is 1. The van der Waals surface area contributed by atoms with Gasteiger partial charge in [0.1, 0.15) is 5.82 Å². The van der Waals surface area contributed by atoms with Crippen LogP contribution in [0, 0.1) is 5.82 Å². The highest BCUT2D eigenvalue weighted by Gasteiger charge is 2.23. The van der Waals surface area contributed by atoms with Crippen molar-refractivity contribution in [1.82, 2.24) is 4.98 Å². The molecule has 2 nitrogen and oxygen atoms in total. The van der Waals surface area contributed by atoms with Crippen LogP contribution in [0.25, 0.3) is 10.2 Å². The molecule has 0 aliphatic carbocycles. The Labute approximate surface area is 130 Å². The van der Waals surface area contributed by atoms with Gasteiger partial charge in [0, 0.05) is 16.3 Å². The van der Waals surface area contributed by atoms with Crippen molar-refractivity contribution in [3.05, 3.63) is 53.3 Å². The van der Waals surface area contributed by atoms with Crippen molar-refractivity contribution in [3.63, 3.8) is 0 Å². The number of anilines is 1. The SMILES string of the molecule is Fc1cccc2c1SCCC2Nc1ccc2ncsc2c1. The predicted octanol–water partition coefficient (Wildman–Crippen LogP) is 5.08. The number of thiazole rings is 1. The van der Waals surface area contributed by atoms with Crippen LogP contribution in [0.3, 0.4) is 0 Å². The summed E-state index contributed by atoms with van der Waals surface area (Å²) in [5.41, 5.74) is 5.02. The predicted molar refractivity (Wildman–Crippen MR) is 87.7 cm³/mol. The standard InChI is InChI=1S/C16H13FN2S2/c17-12-3-1-2-11-13(6-7-20-16(11)12)19-10-4-5-14-15(8-10)21-9-18-14/h1-5,8-9,13,19H,6-7H2. The number of hydrogen-bond acceptors (Lipinski definition) is 4. The van der Waals surface area contributed by atoms with Gasteiger partial charge in [-0.15, -0.1) is 23.1 Å². The van der Waals surface area contributed by atoms with Crippen LogP contribution in [-0.2, 0) is 0 Å². The molecule has 3 aromatic rings. The van der Waals surface area contributed by atoms with E-state index in [9.17, 15) is 4.39 Å². The second-order valence-corrected chi connectivity index (χ2v) is 7.02. The third-order valence-electron chi connectivity index (χ3n) is 3.70. The number of nitrogens with one attached hydrogen (secondary N) is 1. The molecule has 1 aromatic heterocycles. The lowest BCUT2D eigenvalue weighted by Crippen LogP contribution is -2.16. The summed E-state index contributed by atoms with van der Waals surface area (Å²) in [5, 5.41) is 3.55. The average Bonchev–Trinajstić information content (AvgIpc) is 2.96. The molecule has 1 atom stereocenters. The lowest BCUT2D eigenvalue weighted by molar-refractivity contribution is 0.585. The second kappa shape index (κ2) is 5.31. The quantitative estimate of drug-likeness (QED) is 0.713. The van der Waals surface area contributed by atoms with Crippen LogP contribution >= 0.6 is 23.1 Å². The van der Waals surface area contributed by atoms with Crippen molar-refractivity contribution >= 4 is 39.0 Å². The molecule has 2 aromatic carbocycles. The van der Waals surface area contributed by atoms with Gasteiger partial charge >= 0.3 is 0 Å². The summed E-state index contributed by atoms with van der Waals surface area (Å²) < 4.78 is 15.1. The largest absolute Gasteiger partial charge is 0.378 e. The van der Waals surface area contributed by atoms with Crippen molar-refractivity contribution in [2.24, 2.45) is 0 Å². The van der Waals surface area contributed by atoms with Gasteiger partial charge in [-0.1, -0.05) is 12.1 Å². The maximum Gasteiger partial charge on any atom is 0.137 e. The molecule has 1 unspecified atom stereocenters. The minimum absolute atomic E-state index is 0.109. The number of rotatable bonds is 2. The van der Waals surface area contributed by atoms with Crippen LogP contribution in [0.2, 0.25) is 0 Å². The Bertz CT molecular complexity index is 800. The van der Waals surface area contributed by atoms with Gasteiger partial charge in [0.15, 0.2) is 0 Å². The molecule has 106 valence electrons. The van der Waals surface area contributed by atoms with Crippen LogP contribution in [0.1, 0.15) is 18.0 Å². The van der Waals surface area contributed by atoms with Crippen molar-refractivity contribution in [2.75, 3.05) is 11.1 Å². The van der Waals surface area contributed by atoms with Crippen LogP contribution in [0.15, 0.2) is 46.8 Å². The van der Waals surface area contributed by atoms with Gasteiger partial charge in [0.05, 0.1) is 21.8 Å². The van der Waals surface area contributed by atoms with Gasteiger partial charge < -0.3 is 5.32 Å². The summed E-state index contributed by atoms with van der Waals surface area (Å²) in [6, 6.07) is 11.7. The van der Waals surface area contributed by atoms with E-state index in [1.807, 2.05) is 23.7 Å². The molecule has 0 bridgehead atoms. The average molecular weight is 316 g/mol. The number of hydrogen-bond donors (Lipinski definition) is 1. The molecule has 4 rings (SSSR count). The molecule has 0 spiro atoms. The van der Waals surface area contributed by atoms with Crippen LogP contribution in [-0.4, -0.2) is 10.7 Å². The fourth-order valence-electron chi connectivity index (χ4n) is 2.68. The van der Waals surface area contributed by atoms with Gasteiger partial charge in [-0.05, 0) is 36.2 Å². The maximum absolute atomic E-state index is 13.9. The van der Waals surface area contributed by atoms with Gasteiger partial charge in [-0.2, -0.15) is 0 Å². The molecular formula is C16H13FN2S2. The van der Waals surface area contributed by atoms with E-state index in [2.05, 4.69) is 16.4 Å². The first-order valence-electron chi connectivity index (χ1n) is 6.82. The van der Waals surface area contributed by atoms with Crippen molar-refractivity contribution in [2.45, 2.75) is 17.4 Å². The van der Waals surface area contributed by atoms with E-state index in [1.54, 1.807) is 29.2 Å². The molecule has 0 fully saturated rings. The highest BCUT2D eigenvalue weighted by Crippen LogP contribution is 2.39. The number of aromatic nitrogens is 1. The van der Waals surface area contributed by atoms with Gasteiger partial charge in [0.2, 0.25) is 0 Å². The Kier molecular flexibility index (Phi) is 3.31. The molecule has 0 amide bonds. The zero-order valence-corrected chi connectivity index (χ0v) is 12.8. The molecule has 21 heavy (non-hydrogen) atoms. The molecule has 2 heterocycles. The summed E-state index contributed by atoms with van der Waals surface area (Å²) in [6.07, 6.45) is 1.00. The Balaban J connectivity index is 1.67. The first kappa shape index (κ1) is 13.1. The fraction of sp³-hybridized carbons (Fsp3) is 0.188. The number of halogens is 1. The molecule has 0 saturated carbocycles. The minimum atomic E-state index is -0.109. The first-order valence-corrected chi connectivity index (χ1v) is 8.69. The molecule has 1 aliphatic rings. The van der Waals surface area contributed by atoms with E-state index in [0.29, 0.717) is 0 Å². The Hall–Kier alpha value is -1.59. The van der Waals surface area contributed by atoms with Crippen molar-refractivity contribution in [3.8, 4) is 0 Å². The Morgan fingerprint density at radius 3 is 3.14 bits per heavy atom. The summed E-state index contributed by atoms with van der Waals surface area (Å²) in [4.78, 5) is 5.08. The maximum atomic E-state index is 13.9. The highest BCUT2D eigenvalue weighted by molar-refractivity contribution is 7.99. The third-order valence-corrected chi connectivity index (χ3v) is 5.65. The summed E-state index contributed by atoms with van der Waals surface area (Å²) in [5.74, 6) is 0.830. The van der Waals surface area contributed by atoms with Crippen molar-refractivity contribution in [1.29, 1.82) is 0 Å². The van der Waals surface area contributed by atoms with E-state index in [-0.39, 0.29) is 11.9 Å². The number of benzene rings is 2. The number of fused-ring (bicyclic) bond motifs is 2. The normalized spacial score (nSPS) is 17.7. The molecule has 0 saturated heterocycles. The molecule has 1 aliphatic heterocycles. The zero-order chi connectivity index (χ0) is 14.2. The fourth-order valence-corrected chi connectivity index (χ4v) is 4.54. The number of thioether (sulfide) groups is 1. The third kappa shape index (κ3) is 2.40. The molecule has 0 radical (unpaired) electrons. The monoisotopic (exact) mass is 316 g/mol. The summed E-state index contributed by atoms with van der Waals surface area (Å²) in [6.45, 7) is 0. The van der Waals surface area contributed by atoms with E-state index in [1.165, 1.54) is 10.8 Å².